The first kappa shape index (κ1) is 17.6. The molecule has 0 radical (unpaired) electrons. The number of carbonyl (C=O) groups excluding carboxylic acids is 1. The Bertz CT molecular complexity index is 692. The predicted molar refractivity (Wildman–Crippen MR) is 95.8 cm³/mol. The summed E-state index contributed by atoms with van der Waals surface area (Å²) in [4.78, 5) is 12.2. The van der Waals surface area contributed by atoms with E-state index in [1.165, 1.54) is 5.56 Å². The lowest BCUT2D eigenvalue weighted by molar-refractivity contribution is 0.0946. The Morgan fingerprint density at radius 2 is 1.83 bits per heavy atom. The molecule has 0 aliphatic rings. The van der Waals surface area contributed by atoms with Gasteiger partial charge in [0.25, 0.3) is 5.91 Å². The number of hydrogen-bond acceptors (Lipinski definition) is 3. The molecule has 1 amide bonds. The van der Waals surface area contributed by atoms with Gasteiger partial charge in [-0.1, -0.05) is 30.3 Å². The van der Waals surface area contributed by atoms with Crippen LogP contribution in [0.25, 0.3) is 0 Å². The predicted octanol–water partition coefficient (Wildman–Crippen LogP) is 3.76. The number of rotatable bonds is 8. The van der Waals surface area contributed by atoms with Crippen molar-refractivity contribution in [2.75, 3.05) is 19.8 Å². The van der Waals surface area contributed by atoms with Gasteiger partial charge in [-0.25, -0.2) is 0 Å². The van der Waals surface area contributed by atoms with E-state index in [4.69, 9.17) is 9.47 Å². The van der Waals surface area contributed by atoms with Crippen LogP contribution in [-0.2, 0) is 0 Å². The minimum atomic E-state index is -0.150. The summed E-state index contributed by atoms with van der Waals surface area (Å²) >= 11 is 0. The third kappa shape index (κ3) is 5.80. The molecule has 0 aromatic heterocycles. The minimum Gasteiger partial charge on any atom is -0.492 e. The molecule has 0 aliphatic heterocycles. The highest BCUT2D eigenvalue weighted by Crippen LogP contribution is 2.14. The van der Waals surface area contributed by atoms with Crippen LogP contribution in [0, 0.1) is 6.92 Å². The van der Waals surface area contributed by atoms with Gasteiger partial charge < -0.3 is 14.8 Å². The van der Waals surface area contributed by atoms with Crippen LogP contribution in [0.3, 0.4) is 0 Å². The maximum Gasteiger partial charge on any atom is 0.251 e. The average molecular weight is 325 g/mol. The number of hydrogen-bond donors (Lipinski definition) is 1. The van der Waals surface area contributed by atoms with Crippen LogP contribution in [0.1, 0.15) is 22.8 Å². The first-order valence-corrected chi connectivity index (χ1v) is 7.89. The van der Waals surface area contributed by atoms with E-state index in [0.29, 0.717) is 31.1 Å². The molecule has 2 aromatic rings. The van der Waals surface area contributed by atoms with Gasteiger partial charge in [0.05, 0.1) is 6.54 Å². The zero-order valence-electron chi connectivity index (χ0n) is 14.2. The van der Waals surface area contributed by atoms with Crippen LogP contribution in [0.15, 0.2) is 60.7 Å². The van der Waals surface area contributed by atoms with Crippen LogP contribution >= 0.6 is 0 Å². The van der Waals surface area contributed by atoms with E-state index in [-0.39, 0.29) is 5.91 Å². The fraction of sp³-hybridized carbons (Fsp3) is 0.250. The van der Waals surface area contributed by atoms with Crippen LogP contribution in [0.5, 0.6) is 11.5 Å². The van der Waals surface area contributed by atoms with E-state index in [0.717, 1.165) is 11.3 Å². The van der Waals surface area contributed by atoms with Crippen molar-refractivity contribution in [3.8, 4) is 11.5 Å². The van der Waals surface area contributed by atoms with Gasteiger partial charge in [-0.2, -0.15) is 0 Å². The lowest BCUT2D eigenvalue weighted by Crippen LogP contribution is -2.28. The SMILES string of the molecule is C=C(C)COc1cccc(C(=O)NCCOc2ccc(C)cc2)c1. The van der Waals surface area contributed by atoms with Gasteiger partial charge >= 0.3 is 0 Å². The van der Waals surface area contributed by atoms with E-state index in [2.05, 4.69) is 11.9 Å². The van der Waals surface area contributed by atoms with Crippen LogP contribution in [-0.4, -0.2) is 25.7 Å². The Morgan fingerprint density at radius 3 is 2.54 bits per heavy atom. The van der Waals surface area contributed by atoms with Crippen molar-refractivity contribution in [3.63, 3.8) is 0 Å². The molecule has 1 N–H and O–H groups in total. The van der Waals surface area contributed by atoms with Gasteiger partial charge in [0.1, 0.15) is 24.7 Å². The van der Waals surface area contributed by atoms with Gasteiger partial charge in [0.15, 0.2) is 0 Å². The maximum atomic E-state index is 12.2. The highest BCUT2D eigenvalue weighted by atomic mass is 16.5. The molecule has 4 heteroatoms. The Labute approximate surface area is 143 Å². The fourth-order valence-corrected chi connectivity index (χ4v) is 2.00. The van der Waals surface area contributed by atoms with E-state index >= 15 is 0 Å². The second-order valence-electron chi connectivity index (χ2n) is 5.69. The molecular weight excluding hydrogens is 302 g/mol. The quantitative estimate of drug-likeness (QED) is 0.594. The fourth-order valence-electron chi connectivity index (χ4n) is 2.00. The topological polar surface area (TPSA) is 47.6 Å². The Hall–Kier alpha value is -2.75. The monoisotopic (exact) mass is 325 g/mol. The summed E-state index contributed by atoms with van der Waals surface area (Å²) in [5.74, 6) is 1.30. The molecule has 0 atom stereocenters. The summed E-state index contributed by atoms with van der Waals surface area (Å²) in [6.07, 6.45) is 0. The number of aryl methyl sites for hydroxylation is 1. The molecule has 126 valence electrons. The van der Waals surface area contributed by atoms with E-state index < -0.39 is 0 Å². The van der Waals surface area contributed by atoms with Crippen molar-refractivity contribution in [3.05, 3.63) is 71.8 Å². The molecule has 0 unspecified atom stereocenters. The third-order valence-corrected chi connectivity index (χ3v) is 3.26. The zero-order valence-corrected chi connectivity index (χ0v) is 14.2. The average Bonchev–Trinajstić information content (AvgIpc) is 2.58. The Morgan fingerprint density at radius 1 is 1.08 bits per heavy atom. The lowest BCUT2D eigenvalue weighted by Gasteiger charge is -2.10. The third-order valence-electron chi connectivity index (χ3n) is 3.26. The van der Waals surface area contributed by atoms with Crippen molar-refractivity contribution < 1.29 is 14.3 Å². The van der Waals surface area contributed by atoms with Crippen LogP contribution in [0.4, 0.5) is 0 Å². The smallest absolute Gasteiger partial charge is 0.251 e. The van der Waals surface area contributed by atoms with Crippen molar-refractivity contribution in [2.24, 2.45) is 0 Å². The summed E-state index contributed by atoms with van der Waals surface area (Å²) in [6, 6.07) is 14.9. The second kappa shape index (κ2) is 8.77. The van der Waals surface area contributed by atoms with Crippen LogP contribution in [0.2, 0.25) is 0 Å². The van der Waals surface area contributed by atoms with Gasteiger partial charge in [-0.3, -0.25) is 4.79 Å². The maximum absolute atomic E-state index is 12.2. The largest absolute Gasteiger partial charge is 0.492 e. The summed E-state index contributed by atoms with van der Waals surface area (Å²) < 4.78 is 11.1. The summed E-state index contributed by atoms with van der Waals surface area (Å²) in [7, 11) is 0. The summed E-state index contributed by atoms with van der Waals surface area (Å²) in [5.41, 5.74) is 2.67. The van der Waals surface area contributed by atoms with Crippen molar-refractivity contribution in [1.82, 2.24) is 5.32 Å². The number of nitrogens with one attached hydrogen (secondary N) is 1. The summed E-state index contributed by atoms with van der Waals surface area (Å²) in [5, 5.41) is 2.84. The van der Waals surface area contributed by atoms with E-state index in [9.17, 15) is 4.79 Å². The highest BCUT2D eigenvalue weighted by Gasteiger charge is 2.06. The molecule has 2 aromatic carbocycles. The molecule has 0 aliphatic carbocycles. The van der Waals surface area contributed by atoms with Crippen molar-refractivity contribution in [2.45, 2.75) is 13.8 Å². The van der Waals surface area contributed by atoms with Gasteiger partial charge in [0, 0.05) is 5.56 Å². The number of amides is 1. The molecule has 0 saturated heterocycles. The van der Waals surface area contributed by atoms with E-state index in [1.807, 2.05) is 44.2 Å². The molecule has 24 heavy (non-hydrogen) atoms. The Balaban J connectivity index is 1.78. The minimum absolute atomic E-state index is 0.150. The molecule has 0 spiro atoms. The second-order valence-corrected chi connectivity index (χ2v) is 5.69. The van der Waals surface area contributed by atoms with Crippen molar-refractivity contribution in [1.29, 1.82) is 0 Å². The zero-order chi connectivity index (χ0) is 17.4. The summed E-state index contributed by atoms with van der Waals surface area (Å²) in [6.45, 7) is 9.00. The normalized spacial score (nSPS) is 10.1. The first-order valence-electron chi connectivity index (χ1n) is 7.89. The van der Waals surface area contributed by atoms with E-state index in [1.54, 1.807) is 18.2 Å². The molecule has 4 nitrogen and oxygen atoms in total. The molecule has 0 bridgehead atoms. The van der Waals surface area contributed by atoms with Crippen LogP contribution < -0.4 is 14.8 Å². The molecule has 0 fully saturated rings. The highest BCUT2D eigenvalue weighted by molar-refractivity contribution is 5.94. The lowest BCUT2D eigenvalue weighted by atomic mass is 10.2. The Kier molecular flexibility index (Phi) is 6.43. The van der Waals surface area contributed by atoms with Gasteiger partial charge in [-0.05, 0) is 49.8 Å². The molecule has 2 rings (SSSR count). The first-order chi connectivity index (χ1) is 11.5. The molecule has 0 saturated carbocycles. The van der Waals surface area contributed by atoms with Crippen molar-refractivity contribution >= 4 is 5.91 Å². The number of carbonyl (C=O) groups is 1. The van der Waals surface area contributed by atoms with Gasteiger partial charge in [0.2, 0.25) is 0 Å². The number of ether oxygens (including phenoxy) is 2. The molecular formula is C20H23NO3. The van der Waals surface area contributed by atoms with Gasteiger partial charge in [-0.15, -0.1) is 0 Å². The standard InChI is InChI=1S/C20H23NO3/c1-15(2)14-24-19-6-4-5-17(13-19)20(22)21-11-12-23-18-9-7-16(3)8-10-18/h4-10,13H,1,11-12,14H2,2-3H3,(H,21,22). The molecule has 0 heterocycles. The number of benzene rings is 2.